The number of aryl methyl sites for hydroxylation is 1. The molecule has 3 N–H and O–H groups in total. The molecule has 1 aromatic rings. The largest absolute Gasteiger partial charge is 0.480 e. The van der Waals surface area contributed by atoms with E-state index in [0.717, 1.165) is 10.7 Å². The maximum atomic E-state index is 11.7. The van der Waals surface area contributed by atoms with E-state index in [1.807, 2.05) is 12.3 Å². The number of hydrogen-bond donors (Lipinski definition) is 3. The molecule has 7 nitrogen and oxygen atoms in total. The van der Waals surface area contributed by atoms with Gasteiger partial charge in [0, 0.05) is 32.1 Å². The van der Waals surface area contributed by atoms with Crippen LogP contribution in [0.4, 0.5) is 4.79 Å². The predicted molar refractivity (Wildman–Crippen MR) is 79.6 cm³/mol. The maximum absolute atomic E-state index is 11.7. The number of nitrogens with one attached hydrogen (secondary N) is 2. The van der Waals surface area contributed by atoms with Crippen molar-refractivity contribution >= 4 is 23.3 Å². The Labute approximate surface area is 127 Å². The van der Waals surface area contributed by atoms with Crippen molar-refractivity contribution in [2.24, 2.45) is 0 Å². The Hall–Kier alpha value is -1.67. The molecule has 118 valence electrons. The SMILES string of the molecule is COCCCC(NC(=O)NCCc1csc(C)n1)C(=O)O. The lowest BCUT2D eigenvalue weighted by molar-refractivity contribution is -0.139. The first-order valence-corrected chi connectivity index (χ1v) is 7.58. The fourth-order valence-electron chi connectivity index (χ4n) is 1.73. The summed E-state index contributed by atoms with van der Waals surface area (Å²) in [6.45, 7) is 2.81. The zero-order valence-electron chi connectivity index (χ0n) is 12.2. The zero-order valence-corrected chi connectivity index (χ0v) is 13.0. The van der Waals surface area contributed by atoms with Crippen LogP contribution < -0.4 is 10.6 Å². The molecule has 1 heterocycles. The molecular formula is C13H21N3O4S. The smallest absolute Gasteiger partial charge is 0.326 e. The minimum Gasteiger partial charge on any atom is -0.480 e. The lowest BCUT2D eigenvalue weighted by Crippen LogP contribution is -2.46. The first-order chi connectivity index (χ1) is 10.0. The molecule has 8 heteroatoms. The number of carbonyl (C=O) groups excluding carboxylic acids is 1. The van der Waals surface area contributed by atoms with E-state index in [-0.39, 0.29) is 0 Å². The molecule has 0 fully saturated rings. The highest BCUT2D eigenvalue weighted by Crippen LogP contribution is 2.07. The lowest BCUT2D eigenvalue weighted by atomic mass is 10.1. The molecule has 0 spiro atoms. The van der Waals surface area contributed by atoms with Gasteiger partial charge in [0.05, 0.1) is 10.7 Å². The van der Waals surface area contributed by atoms with Gasteiger partial charge < -0.3 is 20.5 Å². The number of urea groups is 1. The number of carboxylic acids is 1. The Morgan fingerprint density at radius 2 is 2.29 bits per heavy atom. The van der Waals surface area contributed by atoms with E-state index in [1.54, 1.807) is 18.4 Å². The second-order valence-electron chi connectivity index (χ2n) is 4.53. The Bertz CT molecular complexity index is 464. The van der Waals surface area contributed by atoms with Crippen molar-refractivity contribution in [2.75, 3.05) is 20.3 Å². The summed E-state index contributed by atoms with van der Waals surface area (Å²) >= 11 is 1.56. The topological polar surface area (TPSA) is 101 Å². The van der Waals surface area contributed by atoms with E-state index >= 15 is 0 Å². The van der Waals surface area contributed by atoms with Gasteiger partial charge in [0.15, 0.2) is 0 Å². The standard InChI is InChI=1S/C13H21N3O4S/c1-9-15-10(8-21-9)5-6-14-13(19)16-11(12(17)18)4-3-7-20-2/h8,11H,3-7H2,1-2H3,(H,17,18)(H2,14,16,19). The Morgan fingerprint density at radius 3 is 2.86 bits per heavy atom. The van der Waals surface area contributed by atoms with Crippen molar-refractivity contribution < 1.29 is 19.4 Å². The van der Waals surface area contributed by atoms with Gasteiger partial charge >= 0.3 is 12.0 Å². The second-order valence-corrected chi connectivity index (χ2v) is 5.60. The van der Waals surface area contributed by atoms with Crippen molar-refractivity contribution in [3.63, 3.8) is 0 Å². The van der Waals surface area contributed by atoms with E-state index < -0.39 is 18.0 Å². The molecule has 0 bridgehead atoms. The third-order valence-electron chi connectivity index (χ3n) is 2.78. The summed E-state index contributed by atoms with van der Waals surface area (Å²) < 4.78 is 4.87. The highest BCUT2D eigenvalue weighted by molar-refractivity contribution is 7.09. The number of rotatable bonds is 9. The molecule has 1 atom stereocenters. The van der Waals surface area contributed by atoms with Crippen molar-refractivity contribution in [3.05, 3.63) is 16.1 Å². The van der Waals surface area contributed by atoms with Crippen LogP contribution in [0.3, 0.4) is 0 Å². The number of thiazole rings is 1. The van der Waals surface area contributed by atoms with Crippen LogP contribution in [0.25, 0.3) is 0 Å². The maximum Gasteiger partial charge on any atom is 0.326 e. The third-order valence-corrected chi connectivity index (χ3v) is 3.60. The highest BCUT2D eigenvalue weighted by Gasteiger charge is 2.19. The van der Waals surface area contributed by atoms with Crippen molar-refractivity contribution in [3.8, 4) is 0 Å². The molecule has 0 aliphatic carbocycles. The van der Waals surface area contributed by atoms with E-state index in [9.17, 15) is 9.59 Å². The van der Waals surface area contributed by atoms with Gasteiger partial charge in [-0.05, 0) is 19.8 Å². The van der Waals surface area contributed by atoms with Gasteiger partial charge in [0.25, 0.3) is 0 Å². The number of carbonyl (C=O) groups is 2. The van der Waals surface area contributed by atoms with Crippen LogP contribution >= 0.6 is 11.3 Å². The van der Waals surface area contributed by atoms with Gasteiger partial charge in [-0.15, -0.1) is 11.3 Å². The zero-order chi connectivity index (χ0) is 15.7. The molecule has 1 unspecified atom stereocenters. The van der Waals surface area contributed by atoms with Gasteiger partial charge in [-0.2, -0.15) is 0 Å². The first kappa shape index (κ1) is 17.4. The number of methoxy groups -OCH3 is 1. The van der Waals surface area contributed by atoms with Crippen LogP contribution in [0.5, 0.6) is 0 Å². The van der Waals surface area contributed by atoms with E-state index in [4.69, 9.17) is 9.84 Å². The molecule has 0 aromatic carbocycles. The van der Waals surface area contributed by atoms with E-state index in [0.29, 0.717) is 32.4 Å². The molecule has 1 aromatic heterocycles. The van der Waals surface area contributed by atoms with Crippen LogP contribution in [0.1, 0.15) is 23.5 Å². The van der Waals surface area contributed by atoms with Gasteiger partial charge in [-0.1, -0.05) is 0 Å². The number of carboxylic acid groups (broad SMARTS) is 1. The summed E-state index contributed by atoms with van der Waals surface area (Å²) in [7, 11) is 1.55. The number of nitrogens with zero attached hydrogens (tertiary/aromatic N) is 1. The van der Waals surface area contributed by atoms with Crippen molar-refractivity contribution in [1.29, 1.82) is 0 Å². The summed E-state index contributed by atoms with van der Waals surface area (Å²) in [5.74, 6) is -1.05. The number of ether oxygens (including phenoxy) is 1. The Balaban J connectivity index is 2.27. The second kappa shape index (κ2) is 9.30. The van der Waals surface area contributed by atoms with Crippen molar-refractivity contribution in [2.45, 2.75) is 32.2 Å². The van der Waals surface area contributed by atoms with Gasteiger partial charge in [-0.25, -0.2) is 14.6 Å². The number of hydrogen-bond acceptors (Lipinski definition) is 5. The van der Waals surface area contributed by atoms with Gasteiger partial charge in [0.1, 0.15) is 6.04 Å². The quantitative estimate of drug-likeness (QED) is 0.594. The summed E-state index contributed by atoms with van der Waals surface area (Å²) in [6.07, 6.45) is 1.53. The summed E-state index contributed by atoms with van der Waals surface area (Å²) in [5.41, 5.74) is 0.924. The van der Waals surface area contributed by atoms with Crippen LogP contribution in [0.2, 0.25) is 0 Å². The van der Waals surface area contributed by atoms with E-state index in [2.05, 4.69) is 15.6 Å². The molecule has 21 heavy (non-hydrogen) atoms. The summed E-state index contributed by atoms with van der Waals surface area (Å²) in [5, 5.41) is 17.0. The fraction of sp³-hybridized carbons (Fsp3) is 0.615. The molecule has 0 saturated heterocycles. The minimum atomic E-state index is -1.05. The minimum absolute atomic E-state index is 0.335. The average molecular weight is 315 g/mol. The molecule has 0 radical (unpaired) electrons. The monoisotopic (exact) mass is 315 g/mol. The third kappa shape index (κ3) is 7.05. The highest BCUT2D eigenvalue weighted by atomic mass is 32.1. The van der Waals surface area contributed by atoms with Crippen molar-refractivity contribution in [1.82, 2.24) is 15.6 Å². The van der Waals surface area contributed by atoms with Gasteiger partial charge in [-0.3, -0.25) is 0 Å². The van der Waals surface area contributed by atoms with Crippen LogP contribution in [-0.4, -0.2) is 48.4 Å². The Morgan fingerprint density at radius 1 is 1.52 bits per heavy atom. The van der Waals surface area contributed by atoms with Crippen LogP contribution in [-0.2, 0) is 16.0 Å². The lowest BCUT2D eigenvalue weighted by Gasteiger charge is -2.14. The summed E-state index contributed by atoms with van der Waals surface area (Å²) in [4.78, 5) is 27.0. The predicted octanol–water partition coefficient (Wildman–Crippen LogP) is 1.17. The molecule has 2 amide bonds. The Kier molecular flexibility index (Phi) is 7.70. The first-order valence-electron chi connectivity index (χ1n) is 6.70. The molecule has 0 saturated carbocycles. The molecule has 0 aliphatic heterocycles. The van der Waals surface area contributed by atoms with Crippen LogP contribution in [0.15, 0.2) is 5.38 Å². The average Bonchev–Trinajstić information content (AvgIpc) is 2.83. The number of aliphatic carboxylic acids is 1. The summed E-state index contributed by atoms with van der Waals surface area (Å²) in [6, 6.07) is -1.38. The van der Waals surface area contributed by atoms with E-state index in [1.165, 1.54) is 0 Å². The molecular weight excluding hydrogens is 294 g/mol. The van der Waals surface area contributed by atoms with Gasteiger partial charge in [0.2, 0.25) is 0 Å². The number of amides is 2. The molecule has 0 aliphatic rings. The number of aromatic nitrogens is 1. The van der Waals surface area contributed by atoms with Crippen LogP contribution in [0, 0.1) is 6.92 Å². The fourth-order valence-corrected chi connectivity index (χ4v) is 2.37. The normalized spacial score (nSPS) is 11.9. The molecule has 1 rings (SSSR count).